The number of hydrogen-bond donors (Lipinski definition) is 1. The Labute approximate surface area is 97.1 Å². The molecular formula is C10H16Cl2N2. The molecule has 0 atom stereocenters. The number of aromatic nitrogens is 1. The highest BCUT2D eigenvalue weighted by molar-refractivity contribution is 5.24. The van der Waals surface area contributed by atoms with Gasteiger partial charge in [-0.3, -0.25) is 0 Å². The Balaban J connectivity index is 0.000000845. The molecule has 1 aliphatic rings. The van der Waals surface area contributed by atoms with Crippen LogP contribution in [0.4, 0.5) is 0 Å². The van der Waals surface area contributed by atoms with Gasteiger partial charge in [-0.05, 0) is 18.4 Å². The predicted octanol–water partition coefficient (Wildman–Crippen LogP) is -5.83. The van der Waals surface area contributed by atoms with Crippen molar-refractivity contribution in [2.75, 3.05) is 6.54 Å². The lowest BCUT2D eigenvalue weighted by atomic mass is 9.65. The monoisotopic (exact) mass is 234 g/mol. The molecule has 1 aromatic rings. The van der Waals surface area contributed by atoms with Gasteiger partial charge >= 0.3 is 0 Å². The molecule has 0 saturated heterocycles. The molecule has 1 aromatic heterocycles. The van der Waals surface area contributed by atoms with Crippen LogP contribution in [0.5, 0.6) is 0 Å². The lowest BCUT2D eigenvalue weighted by Crippen LogP contribution is -3.00. The zero-order chi connectivity index (χ0) is 8.44. The number of rotatable bonds is 2. The number of H-pyrrole nitrogens is 1. The van der Waals surface area contributed by atoms with Crippen molar-refractivity contribution in [1.82, 2.24) is 0 Å². The second-order valence-corrected chi connectivity index (χ2v) is 3.67. The summed E-state index contributed by atoms with van der Waals surface area (Å²) in [5, 5.41) is 0. The van der Waals surface area contributed by atoms with Crippen molar-refractivity contribution >= 4 is 0 Å². The maximum atomic E-state index is 4.05. The smallest absolute Gasteiger partial charge is 0.167 e. The quantitative estimate of drug-likeness (QED) is 0.530. The van der Waals surface area contributed by atoms with Crippen LogP contribution < -0.4 is 35.5 Å². The molecule has 1 heterocycles. The van der Waals surface area contributed by atoms with Gasteiger partial charge in [0.05, 0.1) is 6.54 Å². The predicted molar refractivity (Wildman–Crippen MR) is 46.3 cm³/mol. The van der Waals surface area contributed by atoms with E-state index in [1.807, 2.05) is 12.4 Å². The van der Waals surface area contributed by atoms with Gasteiger partial charge in [-0.2, -0.15) is 0 Å². The largest absolute Gasteiger partial charge is 1.00 e. The zero-order valence-corrected chi connectivity index (χ0v) is 9.61. The number of aromatic amines is 1. The summed E-state index contributed by atoms with van der Waals surface area (Å²) in [6, 6.07) is 4.37. The third kappa shape index (κ3) is 2.19. The highest BCUT2D eigenvalue weighted by Crippen LogP contribution is 2.41. The molecule has 1 fully saturated rings. The van der Waals surface area contributed by atoms with E-state index < -0.39 is 0 Å². The van der Waals surface area contributed by atoms with Gasteiger partial charge in [-0.15, -0.1) is 0 Å². The third-order valence-electron chi connectivity index (χ3n) is 3.12. The van der Waals surface area contributed by atoms with Gasteiger partial charge in [0, 0.05) is 17.5 Å². The Morgan fingerprint density at radius 1 is 1.21 bits per heavy atom. The fraction of sp³-hybridized carbons (Fsp3) is 0.500. The second-order valence-electron chi connectivity index (χ2n) is 3.67. The van der Waals surface area contributed by atoms with E-state index in [0.717, 1.165) is 6.54 Å². The topological polar surface area (TPSA) is 41.8 Å². The third-order valence-corrected chi connectivity index (χ3v) is 3.12. The summed E-state index contributed by atoms with van der Waals surface area (Å²) in [4.78, 5) is 3.06. The lowest BCUT2D eigenvalue weighted by Gasteiger charge is -2.38. The van der Waals surface area contributed by atoms with Crippen molar-refractivity contribution in [1.29, 1.82) is 0 Å². The Kier molecular flexibility index (Phi) is 5.42. The van der Waals surface area contributed by atoms with Gasteiger partial charge in [-0.1, -0.05) is 6.42 Å². The molecule has 0 aromatic carbocycles. The maximum Gasteiger partial charge on any atom is 0.167 e. The van der Waals surface area contributed by atoms with E-state index >= 15 is 0 Å². The molecule has 0 amide bonds. The molecule has 0 unspecified atom stereocenters. The highest BCUT2D eigenvalue weighted by Gasteiger charge is 2.39. The SMILES string of the molecule is [Cl-].[Cl-].[NH3+]CC1(c2cc[nH+]cc2)CCC1. The number of nitrogens with one attached hydrogen (secondary N) is 1. The van der Waals surface area contributed by atoms with Crippen LogP contribution in [0.15, 0.2) is 24.5 Å². The van der Waals surface area contributed by atoms with E-state index in [1.54, 1.807) is 0 Å². The summed E-state index contributed by atoms with van der Waals surface area (Å²) in [6.45, 7) is 1.04. The van der Waals surface area contributed by atoms with Crippen LogP contribution in [0.25, 0.3) is 0 Å². The average molecular weight is 235 g/mol. The maximum absolute atomic E-state index is 4.05. The van der Waals surface area contributed by atoms with Crippen molar-refractivity contribution in [3.05, 3.63) is 30.1 Å². The van der Waals surface area contributed by atoms with Crippen LogP contribution >= 0.6 is 0 Å². The van der Waals surface area contributed by atoms with Crippen molar-refractivity contribution < 1.29 is 35.5 Å². The van der Waals surface area contributed by atoms with Crippen LogP contribution in [0, 0.1) is 0 Å². The highest BCUT2D eigenvalue weighted by atomic mass is 35.5. The molecule has 80 valence electrons. The summed E-state index contributed by atoms with van der Waals surface area (Å²) in [7, 11) is 0. The van der Waals surface area contributed by atoms with Gasteiger partial charge in [0.2, 0.25) is 0 Å². The van der Waals surface area contributed by atoms with Gasteiger partial charge in [0.15, 0.2) is 12.4 Å². The molecule has 4 N–H and O–H groups in total. The van der Waals surface area contributed by atoms with Crippen molar-refractivity contribution in [3.8, 4) is 0 Å². The number of pyridine rings is 1. The van der Waals surface area contributed by atoms with Crippen LogP contribution in [0.2, 0.25) is 0 Å². The molecule has 2 nitrogen and oxygen atoms in total. The van der Waals surface area contributed by atoms with E-state index in [-0.39, 0.29) is 24.8 Å². The standard InChI is InChI=1S/C10H14N2.2ClH/c11-8-10(4-1-5-10)9-2-6-12-7-3-9;;/h2-3,6-7H,1,4-5,8,11H2;2*1H. The van der Waals surface area contributed by atoms with Crippen LogP contribution in [0.1, 0.15) is 24.8 Å². The van der Waals surface area contributed by atoms with E-state index in [1.165, 1.54) is 24.8 Å². The molecule has 0 aliphatic heterocycles. The first-order valence-electron chi connectivity index (χ1n) is 4.63. The van der Waals surface area contributed by atoms with Crippen molar-refractivity contribution in [2.24, 2.45) is 0 Å². The van der Waals surface area contributed by atoms with Crippen LogP contribution in [0.3, 0.4) is 0 Å². The lowest BCUT2D eigenvalue weighted by molar-refractivity contribution is -0.389. The van der Waals surface area contributed by atoms with Crippen LogP contribution in [-0.4, -0.2) is 6.54 Å². The molecule has 14 heavy (non-hydrogen) atoms. The Hall–Kier alpha value is -0.310. The molecule has 1 aliphatic carbocycles. The van der Waals surface area contributed by atoms with Gasteiger partial charge in [0.1, 0.15) is 0 Å². The van der Waals surface area contributed by atoms with Gasteiger partial charge in [0.25, 0.3) is 0 Å². The van der Waals surface area contributed by atoms with E-state index in [4.69, 9.17) is 0 Å². The van der Waals surface area contributed by atoms with Crippen molar-refractivity contribution in [3.63, 3.8) is 0 Å². The minimum atomic E-state index is 0. The molecular weight excluding hydrogens is 219 g/mol. The minimum absolute atomic E-state index is 0. The number of quaternary nitrogens is 1. The molecule has 2 rings (SSSR count). The van der Waals surface area contributed by atoms with Gasteiger partial charge in [-0.25, -0.2) is 4.98 Å². The summed E-state index contributed by atoms with van der Waals surface area (Å²) >= 11 is 0. The minimum Gasteiger partial charge on any atom is -1.00 e. The first-order valence-corrected chi connectivity index (χ1v) is 4.63. The molecule has 1 saturated carbocycles. The molecule has 4 heteroatoms. The number of halogens is 2. The van der Waals surface area contributed by atoms with Crippen molar-refractivity contribution in [2.45, 2.75) is 24.7 Å². The number of hydrogen-bond acceptors (Lipinski definition) is 0. The summed E-state index contributed by atoms with van der Waals surface area (Å²) < 4.78 is 0. The second kappa shape index (κ2) is 5.54. The van der Waals surface area contributed by atoms with Gasteiger partial charge < -0.3 is 30.5 Å². The average Bonchev–Trinajstić information content (AvgIpc) is 2.05. The van der Waals surface area contributed by atoms with E-state index in [0.29, 0.717) is 5.41 Å². The zero-order valence-electron chi connectivity index (χ0n) is 8.10. The summed E-state index contributed by atoms with van der Waals surface area (Å²) in [5.74, 6) is 0. The summed E-state index contributed by atoms with van der Waals surface area (Å²) in [6.07, 6.45) is 8.02. The Morgan fingerprint density at radius 2 is 1.79 bits per heavy atom. The fourth-order valence-electron chi connectivity index (χ4n) is 2.03. The molecule has 0 bridgehead atoms. The Bertz CT molecular complexity index is 255. The first kappa shape index (κ1) is 13.7. The van der Waals surface area contributed by atoms with Crippen LogP contribution in [-0.2, 0) is 5.41 Å². The van der Waals surface area contributed by atoms with E-state index in [9.17, 15) is 0 Å². The molecule has 0 radical (unpaired) electrons. The van der Waals surface area contributed by atoms with E-state index in [2.05, 4.69) is 22.9 Å². The summed E-state index contributed by atoms with van der Waals surface area (Å²) in [5.41, 5.74) is 5.93. The Morgan fingerprint density at radius 3 is 2.14 bits per heavy atom. The normalized spacial score (nSPS) is 17.2. The fourth-order valence-corrected chi connectivity index (χ4v) is 2.03. The molecule has 0 spiro atoms. The first-order chi connectivity index (χ1) is 5.87.